The highest BCUT2D eigenvalue weighted by Gasteiger charge is 2.18. The van der Waals surface area contributed by atoms with Gasteiger partial charge in [-0.05, 0) is 18.2 Å². The van der Waals surface area contributed by atoms with Crippen LogP contribution in [0.25, 0.3) is 0 Å². The van der Waals surface area contributed by atoms with E-state index >= 15 is 0 Å². The van der Waals surface area contributed by atoms with E-state index in [1.165, 1.54) is 0 Å². The minimum Gasteiger partial charge on any atom is -0.493 e. The monoisotopic (exact) mass is 271 g/mol. The summed E-state index contributed by atoms with van der Waals surface area (Å²) in [6, 6.07) is 5.78. The Bertz CT molecular complexity index is 339. The van der Waals surface area contributed by atoms with Crippen LogP contribution in [0.3, 0.4) is 0 Å². The zero-order valence-corrected chi connectivity index (χ0v) is 10.2. The predicted molar refractivity (Wildman–Crippen MR) is 62.5 cm³/mol. The summed E-state index contributed by atoms with van der Waals surface area (Å²) in [7, 11) is 1.65. The Balaban J connectivity index is 2.00. The highest BCUT2D eigenvalue weighted by Crippen LogP contribution is 2.30. The number of methoxy groups -OCH3 is 1. The van der Waals surface area contributed by atoms with Crippen molar-refractivity contribution in [2.45, 2.75) is 0 Å². The number of hydrogen-bond donors (Lipinski definition) is 1. The van der Waals surface area contributed by atoms with E-state index in [2.05, 4.69) is 21.2 Å². The number of halogens is 1. The van der Waals surface area contributed by atoms with Crippen molar-refractivity contribution in [2.24, 2.45) is 5.92 Å². The third-order valence-electron chi connectivity index (χ3n) is 2.47. The summed E-state index contributed by atoms with van der Waals surface area (Å²) in [6.07, 6.45) is 0. The van der Waals surface area contributed by atoms with Gasteiger partial charge in [0.05, 0.1) is 13.7 Å². The van der Waals surface area contributed by atoms with Crippen LogP contribution in [-0.4, -0.2) is 26.8 Å². The molecule has 0 unspecified atom stereocenters. The van der Waals surface area contributed by atoms with Crippen molar-refractivity contribution in [1.82, 2.24) is 5.32 Å². The molecule has 0 aliphatic carbocycles. The van der Waals surface area contributed by atoms with Gasteiger partial charge in [-0.2, -0.15) is 0 Å². The van der Waals surface area contributed by atoms with Crippen molar-refractivity contribution < 1.29 is 9.47 Å². The molecular formula is C11H14BrNO2. The quantitative estimate of drug-likeness (QED) is 0.910. The van der Waals surface area contributed by atoms with Crippen LogP contribution >= 0.6 is 15.9 Å². The Kier molecular flexibility index (Phi) is 3.49. The van der Waals surface area contributed by atoms with Crippen LogP contribution in [0.1, 0.15) is 0 Å². The second kappa shape index (κ2) is 4.86. The third-order valence-corrected chi connectivity index (χ3v) is 2.96. The molecule has 1 aromatic rings. The zero-order chi connectivity index (χ0) is 10.7. The summed E-state index contributed by atoms with van der Waals surface area (Å²) in [5, 5.41) is 3.22. The molecular weight excluding hydrogens is 258 g/mol. The van der Waals surface area contributed by atoms with E-state index in [1.807, 2.05) is 18.2 Å². The number of benzene rings is 1. The standard InChI is InChI=1S/C11H14BrNO2/c1-14-10-3-2-9(12)4-11(10)15-7-8-5-13-6-8/h2-4,8,13H,5-7H2,1H3. The third kappa shape index (κ3) is 2.63. The Morgan fingerprint density at radius 2 is 2.20 bits per heavy atom. The van der Waals surface area contributed by atoms with Crippen LogP contribution in [-0.2, 0) is 0 Å². The first-order valence-electron chi connectivity index (χ1n) is 4.96. The molecule has 2 rings (SSSR count). The van der Waals surface area contributed by atoms with Gasteiger partial charge in [0.15, 0.2) is 11.5 Å². The second-order valence-electron chi connectivity index (χ2n) is 3.63. The molecule has 0 atom stereocenters. The van der Waals surface area contributed by atoms with Gasteiger partial charge in [0.1, 0.15) is 0 Å². The highest BCUT2D eigenvalue weighted by atomic mass is 79.9. The smallest absolute Gasteiger partial charge is 0.162 e. The average Bonchev–Trinajstić information content (AvgIpc) is 2.16. The second-order valence-corrected chi connectivity index (χ2v) is 4.55. The predicted octanol–water partition coefficient (Wildman–Crippen LogP) is 2.06. The van der Waals surface area contributed by atoms with E-state index in [4.69, 9.17) is 9.47 Å². The zero-order valence-electron chi connectivity index (χ0n) is 8.63. The molecule has 0 radical (unpaired) electrons. The molecule has 1 aromatic carbocycles. The molecule has 1 heterocycles. The number of ether oxygens (including phenoxy) is 2. The van der Waals surface area contributed by atoms with E-state index < -0.39 is 0 Å². The topological polar surface area (TPSA) is 30.5 Å². The van der Waals surface area contributed by atoms with Crippen LogP contribution in [0.4, 0.5) is 0 Å². The molecule has 0 aromatic heterocycles. The van der Waals surface area contributed by atoms with Crippen molar-refractivity contribution in [3.05, 3.63) is 22.7 Å². The SMILES string of the molecule is COc1ccc(Br)cc1OCC1CNC1. The van der Waals surface area contributed by atoms with Gasteiger partial charge < -0.3 is 14.8 Å². The Labute approximate surface area is 97.9 Å². The molecule has 1 N–H and O–H groups in total. The van der Waals surface area contributed by atoms with Gasteiger partial charge in [0, 0.05) is 23.5 Å². The van der Waals surface area contributed by atoms with Crippen LogP contribution in [0, 0.1) is 5.92 Å². The van der Waals surface area contributed by atoms with Gasteiger partial charge in [-0.1, -0.05) is 15.9 Å². The van der Waals surface area contributed by atoms with Crippen molar-refractivity contribution >= 4 is 15.9 Å². The lowest BCUT2D eigenvalue weighted by Crippen LogP contribution is -2.45. The molecule has 1 saturated heterocycles. The molecule has 0 amide bonds. The van der Waals surface area contributed by atoms with Crippen LogP contribution in [0.5, 0.6) is 11.5 Å². The fraction of sp³-hybridized carbons (Fsp3) is 0.455. The molecule has 1 aliphatic heterocycles. The summed E-state index contributed by atoms with van der Waals surface area (Å²) in [4.78, 5) is 0. The molecule has 0 bridgehead atoms. The molecule has 1 fully saturated rings. The van der Waals surface area contributed by atoms with Gasteiger partial charge in [-0.3, -0.25) is 0 Å². The maximum Gasteiger partial charge on any atom is 0.162 e. The lowest BCUT2D eigenvalue weighted by Gasteiger charge is -2.27. The van der Waals surface area contributed by atoms with Gasteiger partial charge in [0.2, 0.25) is 0 Å². The summed E-state index contributed by atoms with van der Waals surface area (Å²) in [5.41, 5.74) is 0. The fourth-order valence-electron chi connectivity index (χ4n) is 1.44. The largest absolute Gasteiger partial charge is 0.493 e. The van der Waals surface area contributed by atoms with Gasteiger partial charge in [-0.15, -0.1) is 0 Å². The molecule has 0 saturated carbocycles. The van der Waals surface area contributed by atoms with Crippen LogP contribution < -0.4 is 14.8 Å². The molecule has 4 heteroatoms. The van der Waals surface area contributed by atoms with Crippen molar-refractivity contribution in [1.29, 1.82) is 0 Å². The minimum atomic E-state index is 0.633. The molecule has 82 valence electrons. The number of hydrogen-bond acceptors (Lipinski definition) is 3. The van der Waals surface area contributed by atoms with E-state index in [0.717, 1.165) is 35.7 Å². The Hall–Kier alpha value is -0.740. The van der Waals surface area contributed by atoms with Gasteiger partial charge in [-0.25, -0.2) is 0 Å². The van der Waals surface area contributed by atoms with Gasteiger partial charge >= 0.3 is 0 Å². The summed E-state index contributed by atoms with van der Waals surface area (Å²) in [6.45, 7) is 2.85. The summed E-state index contributed by atoms with van der Waals surface area (Å²) < 4.78 is 11.9. The average molecular weight is 272 g/mol. The molecule has 15 heavy (non-hydrogen) atoms. The van der Waals surface area contributed by atoms with Gasteiger partial charge in [0.25, 0.3) is 0 Å². The van der Waals surface area contributed by atoms with Crippen molar-refractivity contribution in [3.8, 4) is 11.5 Å². The molecule has 3 nitrogen and oxygen atoms in total. The van der Waals surface area contributed by atoms with Crippen molar-refractivity contribution in [3.63, 3.8) is 0 Å². The van der Waals surface area contributed by atoms with E-state index in [0.29, 0.717) is 5.92 Å². The lowest BCUT2D eigenvalue weighted by atomic mass is 10.1. The van der Waals surface area contributed by atoms with Crippen LogP contribution in [0.2, 0.25) is 0 Å². The fourth-order valence-corrected chi connectivity index (χ4v) is 1.78. The number of rotatable bonds is 4. The maximum absolute atomic E-state index is 5.72. The molecule has 0 spiro atoms. The molecule has 1 aliphatic rings. The number of nitrogens with one attached hydrogen (secondary N) is 1. The lowest BCUT2D eigenvalue weighted by molar-refractivity contribution is 0.193. The normalized spacial score (nSPS) is 15.9. The Morgan fingerprint density at radius 3 is 2.80 bits per heavy atom. The van der Waals surface area contributed by atoms with E-state index in [1.54, 1.807) is 7.11 Å². The maximum atomic E-state index is 5.72. The Morgan fingerprint density at radius 1 is 1.40 bits per heavy atom. The highest BCUT2D eigenvalue weighted by molar-refractivity contribution is 9.10. The first kappa shape index (κ1) is 10.8. The van der Waals surface area contributed by atoms with Crippen LogP contribution in [0.15, 0.2) is 22.7 Å². The first-order chi connectivity index (χ1) is 7.29. The van der Waals surface area contributed by atoms with E-state index in [-0.39, 0.29) is 0 Å². The summed E-state index contributed by atoms with van der Waals surface area (Å²) in [5.74, 6) is 2.22. The van der Waals surface area contributed by atoms with E-state index in [9.17, 15) is 0 Å². The summed E-state index contributed by atoms with van der Waals surface area (Å²) >= 11 is 3.42. The minimum absolute atomic E-state index is 0.633. The first-order valence-corrected chi connectivity index (χ1v) is 5.76. The van der Waals surface area contributed by atoms with Crippen molar-refractivity contribution in [2.75, 3.05) is 26.8 Å².